The van der Waals surface area contributed by atoms with Crippen molar-refractivity contribution in [2.24, 2.45) is 0 Å². The van der Waals surface area contributed by atoms with Crippen molar-refractivity contribution in [3.05, 3.63) is 42.0 Å². The van der Waals surface area contributed by atoms with Crippen molar-refractivity contribution >= 4 is 39.1 Å². The molecule has 2 aromatic carbocycles. The summed E-state index contributed by atoms with van der Waals surface area (Å²) in [6.45, 7) is 2.55. The minimum Gasteiger partial charge on any atom is -0.454 e. The van der Waals surface area contributed by atoms with E-state index in [0.717, 1.165) is 50.3 Å². The highest BCUT2D eigenvalue weighted by Crippen LogP contribution is 2.41. The zero-order valence-corrected chi connectivity index (χ0v) is 19.5. The summed E-state index contributed by atoms with van der Waals surface area (Å²) >= 11 is 1.86. The summed E-state index contributed by atoms with van der Waals surface area (Å²) in [6, 6.07) is 10.5. The van der Waals surface area contributed by atoms with Gasteiger partial charge in [0.15, 0.2) is 5.75 Å². The predicted octanol–water partition coefficient (Wildman–Crippen LogP) is 4.16. The molecule has 170 valence electrons. The maximum atomic E-state index is 13.8. The summed E-state index contributed by atoms with van der Waals surface area (Å²) in [7, 11) is -3.75. The van der Waals surface area contributed by atoms with Crippen LogP contribution in [0.5, 0.6) is 11.5 Å². The van der Waals surface area contributed by atoms with Crippen LogP contribution in [0.25, 0.3) is 0 Å². The lowest BCUT2D eigenvalue weighted by Crippen LogP contribution is -2.37. The normalized spacial score (nSPS) is 19.8. The molecule has 9 heteroatoms. The molecule has 3 aliphatic heterocycles. The molecular formula is C23H27N3O4S2. The van der Waals surface area contributed by atoms with Crippen molar-refractivity contribution in [1.29, 1.82) is 0 Å². The third kappa shape index (κ3) is 4.09. The number of para-hydroxylation sites is 2. The van der Waals surface area contributed by atoms with Gasteiger partial charge in [-0.25, -0.2) is 8.42 Å². The van der Waals surface area contributed by atoms with E-state index in [2.05, 4.69) is 10.2 Å². The lowest BCUT2D eigenvalue weighted by atomic mass is 10.1. The first-order chi connectivity index (χ1) is 15.5. The average molecular weight is 474 g/mol. The monoisotopic (exact) mass is 473 g/mol. The molecule has 0 bridgehead atoms. The van der Waals surface area contributed by atoms with Gasteiger partial charge in [0, 0.05) is 43.8 Å². The molecule has 1 N–H and O–H groups in total. The smallest absolute Gasteiger partial charge is 0.259 e. The number of nitrogens with zero attached hydrogens (tertiary/aromatic N) is 2. The number of amides is 1. The number of rotatable bonds is 3. The Kier molecular flexibility index (Phi) is 6.05. The first kappa shape index (κ1) is 21.6. The van der Waals surface area contributed by atoms with E-state index in [4.69, 9.17) is 4.74 Å². The van der Waals surface area contributed by atoms with Crippen molar-refractivity contribution in [2.75, 3.05) is 47.9 Å². The molecule has 0 spiro atoms. The topological polar surface area (TPSA) is 79.0 Å². The molecule has 2 saturated heterocycles. The molecule has 3 aliphatic rings. The van der Waals surface area contributed by atoms with Gasteiger partial charge in [0.2, 0.25) is 10.0 Å². The fourth-order valence-corrected chi connectivity index (χ4v) is 7.10. The van der Waals surface area contributed by atoms with Crippen LogP contribution in [0.1, 0.15) is 36.0 Å². The summed E-state index contributed by atoms with van der Waals surface area (Å²) in [4.78, 5) is 15.4. The number of fused-ring (bicyclic) bond motifs is 2. The number of hydrogen-bond donors (Lipinski definition) is 1. The number of anilines is 2. The largest absolute Gasteiger partial charge is 0.454 e. The first-order valence-electron chi connectivity index (χ1n) is 11.1. The van der Waals surface area contributed by atoms with Crippen LogP contribution < -0.4 is 15.0 Å². The van der Waals surface area contributed by atoms with Crippen LogP contribution in [0, 0.1) is 0 Å². The Bertz CT molecular complexity index is 1120. The molecule has 1 amide bonds. The fourth-order valence-electron chi connectivity index (χ4n) is 4.46. The highest BCUT2D eigenvalue weighted by Gasteiger charge is 2.33. The number of benzene rings is 2. The summed E-state index contributed by atoms with van der Waals surface area (Å²) < 4.78 is 35.3. The number of sulfonamides is 1. The number of hydrogen-bond acceptors (Lipinski definition) is 6. The van der Waals surface area contributed by atoms with Crippen molar-refractivity contribution in [3.8, 4) is 11.5 Å². The van der Waals surface area contributed by atoms with Crippen molar-refractivity contribution in [2.45, 2.75) is 30.6 Å². The van der Waals surface area contributed by atoms with E-state index in [1.165, 1.54) is 6.07 Å². The lowest BCUT2D eigenvalue weighted by molar-refractivity contribution is 0.102. The molecule has 2 aromatic rings. The van der Waals surface area contributed by atoms with E-state index < -0.39 is 10.0 Å². The zero-order chi connectivity index (χ0) is 22.1. The molecule has 0 unspecified atom stereocenters. The van der Waals surface area contributed by atoms with Crippen molar-refractivity contribution in [1.82, 2.24) is 4.31 Å². The molecule has 3 heterocycles. The number of ether oxygens (including phenoxy) is 1. The summed E-state index contributed by atoms with van der Waals surface area (Å²) in [5, 5.41) is 2.86. The average Bonchev–Trinajstić information content (AvgIpc) is 3.17. The second-order valence-corrected chi connectivity index (χ2v) is 11.4. The zero-order valence-electron chi connectivity index (χ0n) is 17.9. The van der Waals surface area contributed by atoms with Gasteiger partial charge in [-0.05, 0) is 31.0 Å². The third-order valence-corrected chi connectivity index (χ3v) is 9.07. The van der Waals surface area contributed by atoms with Crippen LogP contribution in [-0.4, -0.2) is 56.3 Å². The van der Waals surface area contributed by atoms with Gasteiger partial charge in [0.05, 0.1) is 16.9 Å². The molecule has 0 aromatic heterocycles. The minimum absolute atomic E-state index is 0.203. The van der Waals surface area contributed by atoms with E-state index in [1.807, 2.05) is 23.9 Å². The predicted molar refractivity (Wildman–Crippen MR) is 128 cm³/mol. The van der Waals surface area contributed by atoms with E-state index in [1.54, 1.807) is 22.5 Å². The Morgan fingerprint density at radius 3 is 2.38 bits per heavy atom. The van der Waals surface area contributed by atoms with Gasteiger partial charge in [-0.3, -0.25) is 4.79 Å². The van der Waals surface area contributed by atoms with Gasteiger partial charge >= 0.3 is 0 Å². The highest BCUT2D eigenvalue weighted by atomic mass is 32.2. The quantitative estimate of drug-likeness (QED) is 0.721. The molecule has 0 atom stereocenters. The molecule has 7 nitrogen and oxygen atoms in total. The Morgan fingerprint density at radius 2 is 1.62 bits per heavy atom. The van der Waals surface area contributed by atoms with Crippen LogP contribution in [0.3, 0.4) is 0 Å². The molecule has 5 rings (SSSR count). The maximum absolute atomic E-state index is 13.8. The van der Waals surface area contributed by atoms with Crippen molar-refractivity contribution in [3.63, 3.8) is 0 Å². The van der Waals surface area contributed by atoms with Crippen molar-refractivity contribution < 1.29 is 17.9 Å². The Labute approximate surface area is 193 Å². The van der Waals surface area contributed by atoms with E-state index in [0.29, 0.717) is 36.0 Å². The van der Waals surface area contributed by atoms with Gasteiger partial charge in [0.1, 0.15) is 10.6 Å². The molecule has 0 radical (unpaired) electrons. The summed E-state index contributed by atoms with van der Waals surface area (Å²) in [5.74, 6) is 2.44. The van der Waals surface area contributed by atoms with Gasteiger partial charge in [-0.15, -0.1) is 0 Å². The molecule has 0 saturated carbocycles. The van der Waals surface area contributed by atoms with Crippen LogP contribution >= 0.6 is 11.8 Å². The molecule has 0 aliphatic carbocycles. The number of nitrogens with one attached hydrogen (secondary N) is 1. The Balaban J connectivity index is 1.64. The van der Waals surface area contributed by atoms with Crippen LogP contribution in [0.4, 0.5) is 11.4 Å². The number of carbonyl (C=O) groups is 1. The first-order valence-corrected chi connectivity index (χ1v) is 13.7. The lowest BCUT2D eigenvalue weighted by Gasteiger charge is -2.32. The van der Waals surface area contributed by atoms with E-state index >= 15 is 0 Å². The van der Waals surface area contributed by atoms with Gasteiger partial charge in [-0.1, -0.05) is 25.0 Å². The van der Waals surface area contributed by atoms with Gasteiger partial charge in [0.25, 0.3) is 5.91 Å². The second-order valence-electron chi connectivity index (χ2n) is 8.29. The molecule has 32 heavy (non-hydrogen) atoms. The second kappa shape index (κ2) is 8.96. The Hall–Kier alpha value is -2.23. The highest BCUT2D eigenvalue weighted by molar-refractivity contribution is 7.99. The molecule has 2 fully saturated rings. The molecular weight excluding hydrogens is 446 g/mol. The number of carbonyl (C=O) groups excluding carboxylic acids is 1. The number of thioether (sulfide) groups is 1. The SMILES string of the molecule is O=C1Nc2ccccc2Oc2cc(N3CCSCC3)c(S(=O)(=O)N3CCCCCC3)cc21. The van der Waals surface area contributed by atoms with Crippen LogP contribution in [-0.2, 0) is 10.0 Å². The maximum Gasteiger partial charge on any atom is 0.259 e. The fraction of sp³-hybridized carbons (Fsp3) is 0.435. The Morgan fingerprint density at radius 1 is 0.906 bits per heavy atom. The third-order valence-electron chi connectivity index (χ3n) is 6.20. The minimum atomic E-state index is -3.75. The van der Waals surface area contributed by atoms with Crippen LogP contribution in [0.15, 0.2) is 41.3 Å². The van der Waals surface area contributed by atoms with Gasteiger partial charge in [-0.2, -0.15) is 16.1 Å². The van der Waals surface area contributed by atoms with E-state index in [-0.39, 0.29) is 16.4 Å². The van der Waals surface area contributed by atoms with Crippen LogP contribution in [0.2, 0.25) is 0 Å². The van der Waals surface area contributed by atoms with E-state index in [9.17, 15) is 13.2 Å². The summed E-state index contributed by atoms with van der Waals surface area (Å²) in [6.07, 6.45) is 3.80. The summed E-state index contributed by atoms with van der Waals surface area (Å²) in [5.41, 5.74) is 1.44. The van der Waals surface area contributed by atoms with Gasteiger partial charge < -0.3 is 15.0 Å². The standard InChI is InChI=1S/C23H27N3O4S2/c27-23-17-15-22(32(28,29)26-9-5-1-2-6-10-26)19(25-11-13-31-14-12-25)16-21(17)30-20-8-4-3-7-18(20)24-23/h3-4,7-8,15-16H,1-2,5-6,9-14H2,(H,24,27).